The van der Waals surface area contributed by atoms with Gasteiger partial charge in [-0.3, -0.25) is 0 Å². The fourth-order valence-corrected chi connectivity index (χ4v) is 5.04. The van der Waals surface area contributed by atoms with Gasteiger partial charge < -0.3 is 23.7 Å². The number of hydrogen-bond acceptors (Lipinski definition) is 6. The van der Waals surface area contributed by atoms with Gasteiger partial charge in [-0.25, -0.2) is 13.5 Å². The summed E-state index contributed by atoms with van der Waals surface area (Å²) in [5.74, 6) is 0.781. The smallest absolute Gasteiger partial charge is 0.185 e. The minimum absolute atomic E-state index is 0.176. The fraction of sp³-hybridized carbons (Fsp3) is 0.400. The van der Waals surface area contributed by atoms with Crippen LogP contribution in [-0.4, -0.2) is 69.8 Å². The highest BCUT2D eigenvalue weighted by atomic mass is 35.5. The average molecular weight is 554 g/mol. The van der Waals surface area contributed by atoms with Crippen LogP contribution in [0.1, 0.15) is 11.9 Å². The maximum absolute atomic E-state index is 11.6. The molecule has 0 amide bonds. The molecule has 0 aliphatic carbocycles. The third-order valence-electron chi connectivity index (χ3n) is 5.84. The van der Waals surface area contributed by atoms with Gasteiger partial charge in [0.05, 0.1) is 28.9 Å². The maximum atomic E-state index is 11.6. The molecule has 0 saturated carbocycles. The van der Waals surface area contributed by atoms with Crippen LogP contribution in [0, 0.1) is 0 Å². The van der Waals surface area contributed by atoms with Crippen molar-refractivity contribution in [2.45, 2.75) is 12.4 Å². The first-order valence-electron chi connectivity index (χ1n) is 11.6. The zero-order valence-corrected chi connectivity index (χ0v) is 22.6. The molecule has 2 aliphatic rings. The van der Waals surface area contributed by atoms with Crippen molar-refractivity contribution in [2.24, 2.45) is 7.05 Å². The van der Waals surface area contributed by atoms with Crippen molar-refractivity contribution >= 4 is 39.9 Å². The topological polar surface area (TPSA) is 69.1 Å². The van der Waals surface area contributed by atoms with Crippen LogP contribution in [0.2, 0.25) is 10.0 Å². The second-order valence-electron chi connectivity index (χ2n) is 8.46. The lowest BCUT2D eigenvalue weighted by molar-refractivity contribution is -0.0658. The molecule has 0 N–H and O–H groups in total. The third-order valence-corrected chi connectivity index (χ3v) is 7.50. The van der Waals surface area contributed by atoms with Crippen LogP contribution in [0.5, 0.6) is 5.75 Å². The van der Waals surface area contributed by atoms with Gasteiger partial charge in [-0.2, -0.15) is 0 Å². The molecule has 11 heteroatoms. The van der Waals surface area contributed by atoms with E-state index in [1.54, 1.807) is 30.9 Å². The zero-order valence-electron chi connectivity index (χ0n) is 20.3. The number of rotatable bonds is 6. The highest BCUT2D eigenvalue weighted by molar-refractivity contribution is 7.81. The lowest BCUT2D eigenvalue weighted by Gasteiger charge is -2.34. The van der Waals surface area contributed by atoms with Gasteiger partial charge in [0.25, 0.3) is 0 Å². The summed E-state index contributed by atoms with van der Waals surface area (Å²) >= 11 is 12.2. The summed E-state index contributed by atoms with van der Waals surface area (Å²) in [7, 11) is 1.04. The molecule has 2 unspecified atom stereocenters. The number of benzene rings is 2. The molecule has 3 heterocycles. The number of hydrogen-bond donors (Lipinski definition) is 0. The number of aryl methyl sites for hydroxylation is 1. The molecule has 0 spiro atoms. The summed E-state index contributed by atoms with van der Waals surface area (Å²) in [4.78, 5) is 6.08. The lowest BCUT2D eigenvalue weighted by atomic mass is 10.2. The van der Waals surface area contributed by atoms with Gasteiger partial charge in [-0.1, -0.05) is 29.3 Å². The summed E-state index contributed by atoms with van der Waals surface area (Å²) in [6, 6.07) is 13.3. The molecule has 2 aromatic carbocycles. The largest absolute Gasteiger partial charge is 0.491 e. The van der Waals surface area contributed by atoms with Crippen LogP contribution in [0.4, 0.5) is 5.69 Å². The average Bonchev–Trinajstić information content (AvgIpc) is 3.55. The van der Waals surface area contributed by atoms with Crippen LogP contribution >= 0.6 is 23.2 Å². The SMILES string of the molecule is CS(=O)N1CCN(c2ccc(OC[C@H]3COC(c4ccc(Cl)cc4Cl)O3)cc2)CC1.Cn1ccnc1. The molecule has 8 nitrogen and oxygen atoms in total. The molecular formula is C25H30Cl2N4O4S. The standard InChI is InChI=1S/C21H24Cl2N2O4S.C4H6N2/c1-30(26)25-10-8-24(9-11-25)16-3-5-17(6-4-16)27-13-18-14-28-21(29-18)19-7-2-15(22)12-20(19)23;1-6-3-2-5-4-6/h2-7,12,18,21H,8-11,13-14H2,1H3;2-4H,1H3/t18-,21?,30?;/m0./s1. The number of imidazole rings is 1. The Morgan fingerprint density at radius 1 is 1.11 bits per heavy atom. The van der Waals surface area contributed by atoms with E-state index in [0.29, 0.717) is 23.3 Å². The molecule has 1 aromatic heterocycles. The Balaban J connectivity index is 0.000000445. The number of piperazine rings is 1. The van der Waals surface area contributed by atoms with Gasteiger partial charge in [0.15, 0.2) is 6.29 Å². The van der Waals surface area contributed by atoms with Crippen molar-refractivity contribution < 1.29 is 18.4 Å². The number of aromatic nitrogens is 2. The monoisotopic (exact) mass is 552 g/mol. The Morgan fingerprint density at radius 3 is 2.44 bits per heavy atom. The molecular weight excluding hydrogens is 523 g/mol. The highest BCUT2D eigenvalue weighted by Crippen LogP contribution is 2.33. The van der Waals surface area contributed by atoms with E-state index < -0.39 is 17.3 Å². The van der Waals surface area contributed by atoms with Gasteiger partial charge in [-0.05, 0) is 36.4 Å². The van der Waals surface area contributed by atoms with Crippen LogP contribution < -0.4 is 9.64 Å². The van der Waals surface area contributed by atoms with E-state index in [0.717, 1.165) is 43.2 Å². The van der Waals surface area contributed by atoms with E-state index in [9.17, 15) is 4.21 Å². The maximum Gasteiger partial charge on any atom is 0.185 e. The second kappa shape index (κ2) is 12.9. The third kappa shape index (κ3) is 7.44. The first kappa shape index (κ1) is 26.9. The Kier molecular flexibility index (Phi) is 9.64. The summed E-state index contributed by atoms with van der Waals surface area (Å²) in [6.07, 6.45) is 6.43. The van der Waals surface area contributed by atoms with Crippen LogP contribution in [0.25, 0.3) is 0 Å². The molecule has 0 radical (unpaired) electrons. The highest BCUT2D eigenvalue weighted by Gasteiger charge is 2.29. The quantitative estimate of drug-likeness (QED) is 0.453. The number of halogens is 2. The lowest BCUT2D eigenvalue weighted by Crippen LogP contribution is -2.46. The van der Waals surface area contributed by atoms with Gasteiger partial charge >= 0.3 is 0 Å². The Labute approximate surface area is 224 Å². The van der Waals surface area contributed by atoms with Gasteiger partial charge in [0.1, 0.15) is 18.5 Å². The Morgan fingerprint density at radius 2 is 1.86 bits per heavy atom. The number of anilines is 1. The van der Waals surface area contributed by atoms with Crippen molar-refractivity contribution in [1.82, 2.24) is 13.9 Å². The molecule has 5 rings (SSSR count). The van der Waals surface area contributed by atoms with E-state index >= 15 is 0 Å². The van der Waals surface area contributed by atoms with E-state index in [1.165, 1.54) is 0 Å². The summed E-state index contributed by atoms with van der Waals surface area (Å²) in [5, 5.41) is 1.10. The van der Waals surface area contributed by atoms with Gasteiger partial charge in [0, 0.05) is 68.1 Å². The fourth-order valence-electron chi connectivity index (χ4n) is 3.86. The van der Waals surface area contributed by atoms with Gasteiger partial charge in [0.2, 0.25) is 0 Å². The first-order chi connectivity index (χ1) is 17.4. The Hall–Kier alpha value is -2.14. The van der Waals surface area contributed by atoms with Crippen LogP contribution in [0.15, 0.2) is 61.2 Å². The van der Waals surface area contributed by atoms with Crippen molar-refractivity contribution in [3.8, 4) is 5.75 Å². The minimum Gasteiger partial charge on any atom is -0.491 e. The normalized spacial score (nSPS) is 21.1. The van der Waals surface area contributed by atoms with Crippen LogP contribution in [-0.2, 0) is 27.5 Å². The zero-order chi connectivity index (χ0) is 25.5. The van der Waals surface area contributed by atoms with Crippen molar-refractivity contribution in [1.29, 1.82) is 0 Å². The van der Waals surface area contributed by atoms with E-state index in [2.05, 4.69) is 22.0 Å². The molecule has 2 aliphatic heterocycles. The van der Waals surface area contributed by atoms with E-state index in [1.807, 2.05) is 40.3 Å². The number of ether oxygens (including phenoxy) is 3. The molecule has 36 heavy (non-hydrogen) atoms. The van der Waals surface area contributed by atoms with Crippen molar-refractivity contribution in [3.05, 3.63) is 76.8 Å². The summed E-state index contributed by atoms with van der Waals surface area (Å²) in [6.45, 7) is 4.16. The second-order valence-corrected chi connectivity index (χ2v) is 10.7. The molecule has 3 atom stereocenters. The predicted octanol–water partition coefficient (Wildman–Crippen LogP) is 4.32. The molecule has 194 valence electrons. The minimum atomic E-state index is -0.897. The van der Waals surface area contributed by atoms with Gasteiger partial charge in [-0.15, -0.1) is 0 Å². The van der Waals surface area contributed by atoms with Crippen LogP contribution in [0.3, 0.4) is 0 Å². The summed E-state index contributed by atoms with van der Waals surface area (Å²) in [5.41, 5.74) is 1.90. The molecule has 2 saturated heterocycles. The molecule has 2 fully saturated rings. The van der Waals surface area contributed by atoms with Crippen molar-refractivity contribution in [2.75, 3.05) is 50.5 Å². The van der Waals surface area contributed by atoms with Crippen molar-refractivity contribution in [3.63, 3.8) is 0 Å². The number of nitrogens with zero attached hydrogens (tertiary/aromatic N) is 4. The van der Waals surface area contributed by atoms with E-state index in [-0.39, 0.29) is 6.10 Å². The predicted molar refractivity (Wildman–Crippen MR) is 143 cm³/mol. The first-order valence-corrected chi connectivity index (χ1v) is 13.9. The van der Waals surface area contributed by atoms with E-state index in [4.69, 9.17) is 37.4 Å². The summed E-state index contributed by atoms with van der Waals surface area (Å²) < 4.78 is 33.0. The molecule has 3 aromatic rings. The Bertz CT molecular complexity index is 1130. The molecule has 0 bridgehead atoms.